The van der Waals surface area contributed by atoms with Gasteiger partial charge in [0.15, 0.2) is 0 Å². The lowest BCUT2D eigenvalue weighted by molar-refractivity contribution is 0.526. The first-order chi connectivity index (χ1) is 7.20. The van der Waals surface area contributed by atoms with E-state index in [0.29, 0.717) is 0 Å². The van der Waals surface area contributed by atoms with Crippen molar-refractivity contribution in [2.24, 2.45) is 7.05 Å². The molecular formula is C11H15N3O. The minimum atomic E-state index is 0.101. The number of furan rings is 1. The summed E-state index contributed by atoms with van der Waals surface area (Å²) in [6.45, 7) is 1.94. The lowest BCUT2D eigenvalue weighted by Gasteiger charge is -2.10. The molecule has 0 aliphatic rings. The zero-order valence-electron chi connectivity index (χ0n) is 9.19. The van der Waals surface area contributed by atoms with Gasteiger partial charge in [0, 0.05) is 18.8 Å². The highest BCUT2D eigenvalue weighted by atomic mass is 16.3. The van der Waals surface area contributed by atoms with Crippen LogP contribution in [0.25, 0.3) is 0 Å². The summed E-state index contributed by atoms with van der Waals surface area (Å²) in [6, 6.07) is 4.13. The Morgan fingerprint density at radius 2 is 2.33 bits per heavy atom. The Morgan fingerprint density at radius 3 is 2.80 bits per heavy atom. The van der Waals surface area contributed by atoms with E-state index < -0.39 is 0 Å². The zero-order chi connectivity index (χ0) is 10.8. The zero-order valence-corrected chi connectivity index (χ0v) is 9.19. The van der Waals surface area contributed by atoms with Crippen molar-refractivity contribution in [3.05, 3.63) is 41.6 Å². The van der Waals surface area contributed by atoms with Crippen LogP contribution in [0.5, 0.6) is 0 Å². The predicted octanol–water partition coefficient (Wildman–Crippen LogP) is 1.63. The number of aromatic nitrogens is 2. The first kappa shape index (κ1) is 9.98. The molecule has 4 heteroatoms. The largest absolute Gasteiger partial charge is 0.469 e. The molecule has 80 valence electrons. The van der Waals surface area contributed by atoms with Gasteiger partial charge in [-0.1, -0.05) is 0 Å². The Balaban J connectivity index is 2.32. The predicted molar refractivity (Wildman–Crippen MR) is 57.6 cm³/mol. The molecule has 0 saturated carbocycles. The van der Waals surface area contributed by atoms with Crippen LogP contribution in [0.1, 0.15) is 23.1 Å². The van der Waals surface area contributed by atoms with Crippen LogP contribution < -0.4 is 5.32 Å². The van der Waals surface area contributed by atoms with Gasteiger partial charge in [-0.3, -0.25) is 4.68 Å². The van der Waals surface area contributed by atoms with Crippen molar-refractivity contribution in [3.63, 3.8) is 0 Å². The summed E-state index contributed by atoms with van der Waals surface area (Å²) in [5, 5.41) is 7.61. The lowest BCUT2D eigenvalue weighted by atomic mass is 10.1. The number of nitrogens with zero attached hydrogens (tertiary/aromatic N) is 2. The SMILES string of the molecule is CNC(c1coc(C)c1)c1ccn(C)n1. The second-order valence-electron chi connectivity index (χ2n) is 3.63. The Labute approximate surface area is 88.9 Å². The normalized spacial score (nSPS) is 13.0. The molecule has 1 N–H and O–H groups in total. The molecular weight excluding hydrogens is 190 g/mol. The average molecular weight is 205 g/mol. The van der Waals surface area contributed by atoms with Crippen LogP contribution in [0, 0.1) is 6.92 Å². The van der Waals surface area contributed by atoms with E-state index in [1.165, 1.54) is 0 Å². The highest BCUT2D eigenvalue weighted by molar-refractivity contribution is 5.25. The summed E-state index contributed by atoms with van der Waals surface area (Å²) in [5.74, 6) is 0.918. The number of hydrogen-bond donors (Lipinski definition) is 1. The third kappa shape index (κ3) is 1.94. The number of hydrogen-bond acceptors (Lipinski definition) is 3. The van der Waals surface area contributed by atoms with Crippen molar-refractivity contribution in [1.29, 1.82) is 0 Å². The van der Waals surface area contributed by atoms with Gasteiger partial charge in [0.25, 0.3) is 0 Å². The maximum absolute atomic E-state index is 5.30. The molecule has 2 aromatic heterocycles. The number of rotatable bonds is 3. The summed E-state index contributed by atoms with van der Waals surface area (Å²) in [6.07, 6.45) is 3.71. The van der Waals surface area contributed by atoms with Crippen molar-refractivity contribution in [3.8, 4) is 0 Å². The van der Waals surface area contributed by atoms with Crippen LogP contribution in [-0.4, -0.2) is 16.8 Å². The van der Waals surface area contributed by atoms with Crippen molar-refractivity contribution in [2.45, 2.75) is 13.0 Å². The molecule has 0 radical (unpaired) electrons. The van der Waals surface area contributed by atoms with Gasteiger partial charge in [0.05, 0.1) is 18.0 Å². The van der Waals surface area contributed by atoms with E-state index in [0.717, 1.165) is 17.0 Å². The quantitative estimate of drug-likeness (QED) is 0.828. The van der Waals surface area contributed by atoms with Crippen molar-refractivity contribution in [1.82, 2.24) is 15.1 Å². The molecule has 4 nitrogen and oxygen atoms in total. The van der Waals surface area contributed by atoms with E-state index in [4.69, 9.17) is 4.42 Å². The summed E-state index contributed by atoms with van der Waals surface area (Å²) < 4.78 is 7.10. The second kappa shape index (κ2) is 3.90. The average Bonchev–Trinajstić information content (AvgIpc) is 2.78. The number of nitrogens with one attached hydrogen (secondary N) is 1. The lowest BCUT2D eigenvalue weighted by Crippen LogP contribution is -2.17. The highest BCUT2D eigenvalue weighted by Crippen LogP contribution is 2.21. The van der Waals surface area contributed by atoms with Gasteiger partial charge in [0.1, 0.15) is 5.76 Å². The fourth-order valence-corrected chi connectivity index (χ4v) is 1.69. The van der Waals surface area contributed by atoms with Crippen molar-refractivity contribution in [2.75, 3.05) is 7.05 Å². The van der Waals surface area contributed by atoms with Crippen LogP contribution in [0.15, 0.2) is 29.0 Å². The van der Waals surface area contributed by atoms with Crippen LogP contribution in [0.2, 0.25) is 0 Å². The molecule has 0 fully saturated rings. The van der Waals surface area contributed by atoms with Gasteiger partial charge in [-0.15, -0.1) is 0 Å². The van der Waals surface area contributed by atoms with Crippen molar-refractivity contribution >= 4 is 0 Å². The molecule has 1 unspecified atom stereocenters. The van der Waals surface area contributed by atoms with Gasteiger partial charge >= 0.3 is 0 Å². The van der Waals surface area contributed by atoms with Gasteiger partial charge in [-0.05, 0) is 26.1 Å². The van der Waals surface area contributed by atoms with E-state index in [1.54, 1.807) is 10.9 Å². The minimum absolute atomic E-state index is 0.101. The van der Waals surface area contributed by atoms with E-state index in [9.17, 15) is 0 Å². The summed E-state index contributed by atoms with van der Waals surface area (Å²) >= 11 is 0. The standard InChI is InChI=1S/C11H15N3O/c1-8-6-9(7-15-8)11(12-2)10-4-5-14(3)13-10/h4-7,11-12H,1-3H3. The summed E-state index contributed by atoms with van der Waals surface area (Å²) in [5.41, 5.74) is 2.11. The maximum atomic E-state index is 5.30. The summed E-state index contributed by atoms with van der Waals surface area (Å²) in [7, 11) is 3.83. The third-order valence-electron chi connectivity index (χ3n) is 2.40. The van der Waals surface area contributed by atoms with E-state index >= 15 is 0 Å². The van der Waals surface area contributed by atoms with E-state index in [2.05, 4.69) is 10.4 Å². The molecule has 2 heterocycles. The monoisotopic (exact) mass is 205 g/mol. The molecule has 2 rings (SSSR count). The molecule has 1 atom stereocenters. The fourth-order valence-electron chi connectivity index (χ4n) is 1.69. The molecule has 0 saturated heterocycles. The molecule has 0 amide bonds. The Bertz CT molecular complexity index is 404. The molecule has 0 aliphatic carbocycles. The Morgan fingerprint density at radius 1 is 1.53 bits per heavy atom. The molecule has 0 spiro atoms. The third-order valence-corrected chi connectivity index (χ3v) is 2.40. The van der Waals surface area contributed by atoms with Crippen LogP contribution >= 0.6 is 0 Å². The Kier molecular flexibility index (Phi) is 2.60. The molecule has 0 aromatic carbocycles. The molecule has 0 aliphatic heterocycles. The maximum Gasteiger partial charge on any atom is 0.101 e. The molecule has 2 aromatic rings. The topological polar surface area (TPSA) is 43.0 Å². The second-order valence-corrected chi connectivity index (χ2v) is 3.63. The van der Waals surface area contributed by atoms with Gasteiger partial charge in [0.2, 0.25) is 0 Å². The first-order valence-corrected chi connectivity index (χ1v) is 4.92. The molecule has 15 heavy (non-hydrogen) atoms. The minimum Gasteiger partial charge on any atom is -0.469 e. The van der Waals surface area contributed by atoms with Crippen LogP contribution in [0.4, 0.5) is 0 Å². The fraction of sp³-hybridized carbons (Fsp3) is 0.364. The van der Waals surface area contributed by atoms with E-state index in [-0.39, 0.29) is 6.04 Å². The summed E-state index contributed by atoms with van der Waals surface area (Å²) in [4.78, 5) is 0. The smallest absolute Gasteiger partial charge is 0.101 e. The van der Waals surface area contributed by atoms with Gasteiger partial charge in [-0.2, -0.15) is 5.10 Å². The number of aryl methyl sites for hydroxylation is 2. The Hall–Kier alpha value is -1.55. The van der Waals surface area contributed by atoms with Crippen LogP contribution in [0.3, 0.4) is 0 Å². The highest BCUT2D eigenvalue weighted by Gasteiger charge is 2.16. The van der Waals surface area contributed by atoms with Crippen LogP contribution in [-0.2, 0) is 7.05 Å². The molecule has 0 bridgehead atoms. The van der Waals surface area contributed by atoms with Gasteiger partial charge in [-0.25, -0.2) is 0 Å². The van der Waals surface area contributed by atoms with Crippen molar-refractivity contribution < 1.29 is 4.42 Å². The van der Waals surface area contributed by atoms with E-state index in [1.807, 2.05) is 39.3 Å². The van der Waals surface area contributed by atoms with Gasteiger partial charge < -0.3 is 9.73 Å². The first-order valence-electron chi connectivity index (χ1n) is 4.92.